The van der Waals surface area contributed by atoms with Gasteiger partial charge in [-0.2, -0.15) is 5.26 Å². The fraction of sp³-hybridized carbons (Fsp3) is 0.800. The molecule has 0 saturated carbocycles. The van der Waals surface area contributed by atoms with Crippen molar-refractivity contribution < 1.29 is 0 Å². The normalized spacial score (nSPS) is 12.6. The van der Waals surface area contributed by atoms with Gasteiger partial charge >= 0.3 is 0 Å². The van der Waals surface area contributed by atoms with Crippen molar-refractivity contribution in [1.82, 2.24) is 5.32 Å². The standard InChI is InChI=1S/C5H11N3/c1-5(4-7)8-3-2-6/h5,8H,2-3,6H2,1H3. The lowest BCUT2D eigenvalue weighted by Gasteiger charge is -2.00. The Hall–Kier alpha value is -0.590. The van der Waals surface area contributed by atoms with Gasteiger partial charge in [0.15, 0.2) is 0 Å². The van der Waals surface area contributed by atoms with Gasteiger partial charge in [0.1, 0.15) is 0 Å². The third-order valence-corrected chi connectivity index (χ3v) is 0.789. The Labute approximate surface area is 49.5 Å². The smallest absolute Gasteiger partial charge is 0.0924 e. The van der Waals surface area contributed by atoms with Gasteiger partial charge in [0.25, 0.3) is 0 Å². The predicted molar refractivity (Wildman–Crippen MR) is 32.1 cm³/mol. The maximum Gasteiger partial charge on any atom is 0.0924 e. The first-order valence-electron chi connectivity index (χ1n) is 2.64. The molecule has 1 atom stereocenters. The van der Waals surface area contributed by atoms with Crippen LogP contribution in [-0.2, 0) is 0 Å². The molecule has 0 saturated heterocycles. The molecule has 8 heavy (non-hydrogen) atoms. The van der Waals surface area contributed by atoms with Crippen LogP contribution < -0.4 is 11.1 Å². The predicted octanol–water partition coefficient (Wildman–Crippen LogP) is -0.553. The molecule has 0 rings (SSSR count). The first kappa shape index (κ1) is 7.41. The van der Waals surface area contributed by atoms with Crippen molar-refractivity contribution in [2.45, 2.75) is 13.0 Å². The second-order valence-electron chi connectivity index (χ2n) is 1.59. The van der Waals surface area contributed by atoms with E-state index in [1.807, 2.05) is 6.07 Å². The van der Waals surface area contributed by atoms with Crippen LogP contribution >= 0.6 is 0 Å². The van der Waals surface area contributed by atoms with Crippen LogP contribution in [0.25, 0.3) is 0 Å². The molecule has 0 aliphatic rings. The summed E-state index contributed by atoms with van der Waals surface area (Å²) >= 11 is 0. The molecule has 0 aliphatic heterocycles. The average molecular weight is 113 g/mol. The number of nitrogens with zero attached hydrogens (tertiary/aromatic N) is 1. The highest BCUT2D eigenvalue weighted by atomic mass is 14.9. The molecule has 0 aliphatic carbocycles. The summed E-state index contributed by atoms with van der Waals surface area (Å²) < 4.78 is 0. The Morgan fingerprint density at radius 3 is 2.88 bits per heavy atom. The molecule has 0 fully saturated rings. The summed E-state index contributed by atoms with van der Waals surface area (Å²) in [6.45, 7) is 3.11. The fourth-order valence-electron chi connectivity index (χ4n) is 0.345. The highest BCUT2D eigenvalue weighted by Crippen LogP contribution is 1.71. The maximum absolute atomic E-state index is 8.21. The Morgan fingerprint density at radius 1 is 1.88 bits per heavy atom. The third kappa shape index (κ3) is 3.59. The minimum Gasteiger partial charge on any atom is -0.329 e. The number of nitrogens with one attached hydrogen (secondary N) is 1. The topological polar surface area (TPSA) is 61.8 Å². The van der Waals surface area contributed by atoms with Crippen molar-refractivity contribution in [2.24, 2.45) is 5.73 Å². The van der Waals surface area contributed by atoms with E-state index in [0.29, 0.717) is 13.1 Å². The molecule has 46 valence electrons. The zero-order valence-electron chi connectivity index (χ0n) is 5.02. The van der Waals surface area contributed by atoms with Crippen molar-refractivity contribution in [1.29, 1.82) is 5.26 Å². The fourth-order valence-corrected chi connectivity index (χ4v) is 0.345. The van der Waals surface area contributed by atoms with Crippen LogP contribution in [0.15, 0.2) is 0 Å². The van der Waals surface area contributed by atoms with Gasteiger partial charge in [0.05, 0.1) is 12.1 Å². The van der Waals surface area contributed by atoms with Crippen molar-refractivity contribution in [3.63, 3.8) is 0 Å². The van der Waals surface area contributed by atoms with Gasteiger partial charge in [-0.1, -0.05) is 0 Å². The van der Waals surface area contributed by atoms with Gasteiger partial charge in [-0.3, -0.25) is 0 Å². The van der Waals surface area contributed by atoms with Gasteiger partial charge < -0.3 is 11.1 Å². The van der Waals surface area contributed by atoms with Gasteiger partial charge in [-0.05, 0) is 6.92 Å². The van der Waals surface area contributed by atoms with Crippen LogP contribution in [0, 0.1) is 11.3 Å². The van der Waals surface area contributed by atoms with Gasteiger partial charge in [-0.25, -0.2) is 0 Å². The number of hydrogen-bond donors (Lipinski definition) is 2. The molecule has 0 amide bonds. The molecule has 0 heterocycles. The molecule has 0 bridgehead atoms. The SMILES string of the molecule is CC(C#N)NCCN. The van der Waals surface area contributed by atoms with E-state index in [1.165, 1.54) is 0 Å². The van der Waals surface area contributed by atoms with Crippen LogP contribution in [0.1, 0.15) is 6.92 Å². The van der Waals surface area contributed by atoms with Crippen LogP contribution in [0.2, 0.25) is 0 Å². The van der Waals surface area contributed by atoms with E-state index < -0.39 is 0 Å². The van der Waals surface area contributed by atoms with E-state index in [4.69, 9.17) is 11.0 Å². The lowest BCUT2D eigenvalue weighted by Crippen LogP contribution is -2.29. The number of nitrogens with two attached hydrogens (primary N) is 1. The molecule has 0 radical (unpaired) electrons. The van der Waals surface area contributed by atoms with Gasteiger partial charge in [-0.15, -0.1) is 0 Å². The monoisotopic (exact) mass is 113 g/mol. The van der Waals surface area contributed by atoms with Gasteiger partial charge in [0.2, 0.25) is 0 Å². The zero-order valence-corrected chi connectivity index (χ0v) is 5.02. The van der Waals surface area contributed by atoms with E-state index in [1.54, 1.807) is 6.92 Å². The lowest BCUT2D eigenvalue weighted by molar-refractivity contribution is 0.647. The van der Waals surface area contributed by atoms with Crippen LogP contribution in [0.3, 0.4) is 0 Å². The van der Waals surface area contributed by atoms with Crippen LogP contribution in [-0.4, -0.2) is 19.1 Å². The molecule has 0 aromatic carbocycles. The Balaban J connectivity index is 3.02. The molecule has 3 N–H and O–H groups in total. The largest absolute Gasteiger partial charge is 0.329 e. The Morgan fingerprint density at radius 2 is 2.50 bits per heavy atom. The highest BCUT2D eigenvalue weighted by molar-refractivity contribution is 4.84. The van der Waals surface area contributed by atoms with Crippen molar-refractivity contribution in [2.75, 3.05) is 13.1 Å². The molecule has 0 aromatic heterocycles. The summed E-state index contributed by atoms with van der Waals surface area (Å²) in [4.78, 5) is 0. The Bertz CT molecular complexity index is 84.2. The summed E-state index contributed by atoms with van der Waals surface area (Å²) in [5, 5.41) is 11.1. The Kier molecular flexibility index (Phi) is 4.23. The van der Waals surface area contributed by atoms with Crippen molar-refractivity contribution in [3.05, 3.63) is 0 Å². The van der Waals surface area contributed by atoms with Crippen molar-refractivity contribution in [3.8, 4) is 6.07 Å². The average Bonchev–Trinajstić information content (AvgIpc) is 1.83. The summed E-state index contributed by atoms with van der Waals surface area (Å²) in [5.41, 5.74) is 5.16. The molecular formula is C5H11N3. The minimum atomic E-state index is -0.0708. The number of hydrogen-bond acceptors (Lipinski definition) is 3. The first-order valence-corrected chi connectivity index (χ1v) is 2.64. The number of rotatable bonds is 3. The van der Waals surface area contributed by atoms with Crippen LogP contribution in [0.5, 0.6) is 0 Å². The summed E-state index contributed by atoms with van der Waals surface area (Å²) in [5.74, 6) is 0. The van der Waals surface area contributed by atoms with E-state index >= 15 is 0 Å². The van der Waals surface area contributed by atoms with E-state index in [9.17, 15) is 0 Å². The third-order valence-electron chi connectivity index (χ3n) is 0.789. The lowest BCUT2D eigenvalue weighted by atomic mass is 10.4. The summed E-state index contributed by atoms with van der Waals surface area (Å²) in [6.07, 6.45) is 0. The minimum absolute atomic E-state index is 0.0708. The van der Waals surface area contributed by atoms with Crippen molar-refractivity contribution >= 4 is 0 Å². The molecule has 1 unspecified atom stereocenters. The van der Waals surface area contributed by atoms with E-state index in [2.05, 4.69) is 5.32 Å². The van der Waals surface area contributed by atoms with Crippen LogP contribution in [0.4, 0.5) is 0 Å². The molecular weight excluding hydrogens is 102 g/mol. The van der Waals surface area contributed by atoms with E-state index in [-0.39, 0.29) is 6.04 Å². The quantitative estimate of drug-likeness (QED) is 0.516. The molecule has 3 heteroatoms. The summed E-state index contributed by atoms with van der Waals surface area (Å²) in [6, 6.07) is 1.96. The number of nitriles is 1. The zero-order chi connectivity index (χ0) is 6.41. The summed E-state index contributed by atoms with van der Waals surface area (Å²) in [7, 11) is 0. The first-order chi connectivity index (χ1) is 3.81. The van der Waals surface area contributed by atoms with E-state index in [0.717, 1.165) is 0 Å². The molecule has 0 spiro atoms. The van der Waals surface area contributed by atoms with Gasteiger partial charge in [0, 0.05) is 13.1 Å². The maximum atomic E-state index is 8.21. The molecule has 3 nitrogen and oxygen atoms in total. The highest BCUT2D eigenvalue weighted by Gasteiger charge is 1.92. The second-order valence-corrected chi connectivity index (χ2v) is 1.59. The molecule has 0 aromatic rings. The second kappa shape index (κ2) is 4.57.